The topological polar surface area (TPSA) is 37.3 Å². The molecule has 0 saturated heterocycles. The van der Waals surface area contributed by atoms with Gasteiger partial charge in [-0.15, -0.1) is 11.3 Å². The lowest BCUT2D eigenvalue weighted by Gasteiger charge is -2.28. The van der Waals surface area contributed by atoms with E-state index in [-0.39, 0.29) is 5.92 Å². The van der Waals surface area contributed by atoms with E-state index in [1.807, 2.05) is 37.3 Å². The molecule has 0 bridgehead atoms. The Morgan fingerprint density at radius 1 is 1.33 bits per heavy atom. The normalized spacial score (nSPS) is 25.9. The number of carbonyl (C=O) groups is 1. The molecule has 0 amide bonds. The molecule has 2 atom stereocenters. The largest absolute Gasteiger partial charge is 0.481 e. The first-order chi connectivity index (χ1) is 8.63. The fourth-order valence-electron chi connectivity index (χ4n) is 2.92. The summed E-state index contributed by atoms with van der Waals surface area (Å²) in [5.74, 6) is -0.739. The SMILES string of the molecule is C[C@]1(C(=O)O)Cc2sccc2[C@H]1c1ccccc1. The molecule has 3 rings (SSSR count). The summed E-state index contributed by atoms with van der Waals surface area (Å²) in [6.45, 7) is 1.86. The van der Waals surface area contributed by atoms with Gasteiger partial charge in [-0.25, -0.2) is 0 Å². The van der Waals surface area contributed by atoms with Crippen LogP contribution in [0.4, 0.5) is 0 Å². The molecule has 1 heterocycles. The maximum atomic E-state index is 11.7. The van der Waals surface area contributed by atoms with Crippen molar-refractivity contribution in [3.05, 3.63) is 57.8 Å². The standard InChI is InChI=1S/C15H14O2S/c1-15(14(16)17)9-12-11(7-8-18-12)13(15)10-5-3-2-4-6-10/h2-8,13H,9H2,1H3,(H,16,17)/t13-,15+/m1/s1. The molecule has 18 heavy (non-hydrogen) atoms. The van der Waals surface area contributed by atoms with Crippen molar-refractivity contribution >= 4 is 17.3 Å². The van der Waals surface area contributed by atoms with Crippen LogP contribution < -0.4 is 0 Å². The Hall–Kier alpha value is -1.61. The van der Waals surface area contributed by atoms with E-state index in [2.05, 4.69) is 11.4 Å². The first kappa shape index (κ1) is 11.5. The van der Waals surface area contributed by atoms with Crippen molar-refractivity contribution in [3.8, 4) is 0 Å². The lowest BCUT2D eigenvalue weighted by molar-refractivity contribution is -0.148. The minimum absolute atomic E-state index is 0.0301. The van der Waals surface area contributed by atoms with E-state index in [9.17, 15) is 9.90 Å². The number of carboxylic acids is 1. The van der Waals surface area contributed by atoms with Gasteiger partial charge in [0.15, 0.2) is 0 Å². The highest BCUT2D eigenvalue weighted by Gasteiger charge is 2.49. The third kappa shape index (κ3) is 1.51. The highest BCUT2D eigenvalue weighted by Crippen LogP contribution is 2.52. The van der Waals surface area contributed by atoms with Gasteiger partial charge in [0.05, 0.1) is 5.41 Å². The van der Waals surface area contributed by atoms with Crippen LogP contribution >= 0.6 is 11.3 Å². The summed E-state index contributed by atoms with van der Waals surface area (Å²) in [5.41, 5.74) is 1.57. The van der Waals surface area contributed by atoms with Crippen LogP contribution in [0.25, 0.3) is 0 Å². The maximum absolute atomic E-state index is 11.7. The number of carboxylic acid groups (broad SMARTS) is 1. The molecule has 92 valence electrons. The second kappa shape index (κ2) is 3.95. The van der Waals surface area contributed by atoms with E-state index in [0.717, 1.165) is 5.56 Å². The van der Waals surface area contributed by atoms with Crippen LogP contribution in [0.1, 0.15) is 28.8 Å². The van der Waals surface area contributed by atoms with E-state index < -0.39 is 11.4 Å². The fourth-order valence-corrected chi connectivity index (χ4v) is 4.01. The van der Waals surface area contributed by atoms with Crippen LogP contribution in [0.15, 0.2) is 41.8 Å². The molecule has 1 aliphatic carbocycles. The Balaban J connectivity index is 2.16. The summed E-state index contributed by atoms with van der Waals surface area (Å²) < 4.78 is 0. The number of aliphatic carboxylic acids is 1. The quantitative estimate of drug-likeness (QED) is 0.894. The highest BCUT2D eigenvalue weighted by molar-refractivity contribution is 7.10. The van der Waals surface area contributed by atoms with Gasteiger partial charge >= 0.3 is 5.97 Å². The third-order valence-electron chi connectivity index (χ3n) is 3.88. The number of fused-ring (bicyclic) bond motifs is 1. The Kier molecular flexibility index (Phi) is 2.52. The summed E-state index contributed by atoms with van der Waals surface area (Å²) in [5, 5.41) is 11.7. The van der Waals surface area contributed by atoms with Crippen LogP contribution in [0.3, 0.4) is 0 Å². The van der Waals surface area contributed by atoms with E-state index in [0.29, 0.717) is 6.42 Å². The predicted octanol–water partition coefficient (Wildman–Crippen LogP) is 3.53. The third-order valence-corrected chi connectivity index (χ3v) is 4.81. The van der Waals surface area contributed by atoms with Crippen LogP contribution in [0.2, 0.25) is 0 Å². The summed E-state index contributed by atoms with van der Waals surface area (Å²) in [6.07, 6.45) is 0.634. The van der Waals surface area contributed by atoms with Gasteiger partial charge in [0.25, 0.3) is 0 Å². The summed E-state index contributed by atoms with van der Waals surface area (Å²) in [6, 6.07) is 12.0. The second-order valence-electron chi connectivity index (χ2n) is 5.04. The molecule has 0 radical (unpaired) electrons. The van der Waals surface area contributed by atoms with Gasteiger partial charge in [-0.05, 0) is 35.9 Å². The van der Waals surface area contributed by atoms with Crippen molar-refractivity contribution in [2.75, 3.05) is 0 Å². The lowest BCUT2D eigenvalue weighted by atomic mass is 9.74. The zero-order valence-electron chi connectivity index (χ0n) is 10.1. The predicted molar refractivity (Wildman–Crippen MR) is 72.1 cm³/mol. The van der Waals surface area contributed by atoms with Crippen molar-refractivity contribution in [2.45, 2.75) is 19.3 Å². The molecule has 3 heteroatoms. The number of hydrogen-bond donors (Lipinski definition) is 1. The molecule has 0 unspecified atom stereocenters. The fraction of sp³-hybridized carbons (Fsp3) is 0.267. The Bertz CT molecular complexity index is 588. The van der Waals surface area contributed by atoms with Crippen molar-refractivity contribution < 1.29 is 9.90 Å². The zero-order chi connectivity index (χ0) is 12.8. The zero-order valence-corrected chi connectivity index (χ0v) is 10.9. The van der Waals surface area contributed by atoms with Gasteiger partial charge in [0.2, 0.25) is 0 Å². The Morgan fingerprint density at radius 2 is 2.06 bits per heavy atom. The van der Waals surface area contributed by atoms with Gasteiger partial charge in [-0.2, -0.15) is 0 Å². The molecule has 0 saturated carbocycles. The Labute approximate surface area is 110 Å². The Morgan fingerprint density at radius 3 is 2.72 bits per heavy atom. The lowest BCUT2D eigenvalue weighted by Crippen LogP contribution is -2.32. The van der Waals surface area contributed by atoms with Gasteiger partial charge < -0.3 is 5.11 Å². The average Bonchev–Trinajstić information content (AvgIpc) is 2.88. The minimum atomic E-state index is -0.718. The molecular formula is C15H14O2S. The smallest absolute Gasteiger partial charge is 0.310 e. The molecule has 1 N–H and O–H groups in total. The van der Waals surface area contributed by atoms with Crippen LogP contribution in [0, 0.1) is 5.41 Å². The molecule has 1 aromatic heterocycles. The van der Waals surface area contributed by atoms with Crippen molar-refractivity contribution in [1.82, 2.24) is 0 Å². The average molecular weight is 258 g/mol. The van der Waals surface area contributed by atoms with E-state index in [1.165, 1.54) is 10.4 Å². The molecule has 2 aromatic rings. The van der Waals surface area contributed by atoms with E-state index in [1.54, 1.807) is 11.3 Å². The molecule has 1 aliphatic rings. The van der Waals surface area contributed by atoms with Gasteiger partial charge in [0, 0.05) is 10.8 Å². The number of thiophene rings is 1. The summed E-state index contributed by atoms with van der Waals surface area (Å²) >= 11 is 1.67. The molecule has 0 aliphatic heterocycles. The number of rotatable bonds is 2. The summed E-state index contributed by atoms with van der Waals surface area (Å²) in [4.78, 5) is 12.9. The monoisotopic (exact) mass is 258 g/mol. The van der Waals surface area contributed by atoms with Crippen LogP contribution in [-0.2, 0) is 11.2 Å². The van der Waals surface area contributed by atoms with E-state index >= 15 is 0 Å². The van der Waals surface area contributed by atoms with Crippen LogP contribution in [-0.4, -0.2) is 11.1 Å². The van der Waals surface area contributed by atoms with Gasteiger partial charge in [-0.1, -0.05) is 30.3 Å². The molecule has 0 spiro atoms. The maximum Gasteiger partial charge on any atom is 0.310 e. The van der Waals surface area contributed by atoms with Gasteiger partial charge in [-0.3, -0.25) is 4.79 Å². The summed E-state index contributed by atoms with van der Waals surface area (Å²) in [7, 11) is 0. The first-order valence-corrected chi connectivity index (χ1v) is 6.85. The molecule has 0 fully saturated rings. The second-order valence-corrected chi connectivity index (χ2v) is 6.04. The first-order valence-electron chi connectivity index (χ1n) is 5.97. The van der Waals surface area contributed by atoms with E-state index in [4.69, 9.17) is 0 Å². The molecular weight excluding hydrogens is 244 g/mol. The highest BCUT2D eigenvalue weighted by atomic mass is 32.1. The minimum Gasteiger partial charge on any atom is -0.481 e. The van der Waals surface area contributed by atoms with Crippen molar-refractivity contribution in [1.29, 1.82) is 0 Å². The number of hydrogen-bond acceptors (Lipinski definition) is 2. The molecule has 2 nitrogen and oxygen atoms in total. The van der Waals surface area contributed by atoms with Gasteiger partial charge in [0.1, 0.15) is 0 Å². The van der Waals surface area contributed by atoms with Crippen molar-refractivity contribution in [2.24, 2.45) is 5.41 Å². The molecule has 1 aromatic carbocycles. The van der Waals surface area contributed by atoms with Crippen molar-refractivity contribution in [3.63, 3.8) is 0 Å². The number of benzene rings is 1. The van der Waals surface area contributed by atoms with Crippen LogP contribution in [0.5, 0.6) is 0 Å².